The third kappa shape index (κ3) is 1.92. The molecule has 138 valence electrons. The summed E-state index contributed by atoms with van der Waals surface area (Å²) in [6.45, 7) is 0.861. The summed E-state index contributed by atoms with van der Waals surface area (Å²) in [6, 6.07) is 17.3. The van der Waals surface area contributed by atoms with E-state index < -0.39 is 5.41 Å². The molecule has 6 rings (SSSR count). The molecule has 6 heteroatoms. The minimum atomic E-state index is -0.873. The van der Waals surface area contributed by atoms with E-state index in [1.54, 1.807) is 11.1 Å². The quantitative estimate of drug-likeness (QED) is 0.692. The Morgan fingerprint density at radius 1 is 0.929 bits per heavy atom. The molecule has 2 aromatic carbocycles. The SMILES string of the molecule is O=C1N(Cc2ccccn2)c2ccccc2C12COc1cc3c(cc12)OCO3. The van der Waals surface area contributed by atoms with Crippen molar-refractivity contribution >= 4 is 11.6 Å². The van der Waals surface area contributed by atoms with Crippen LogP contribution in [0.5, 0.6) is 17.2 Å². The molecule has 1 amide bonds. The molecule has 0 saturated carbocycles. The number of pyridine rings is 1. The summed E-state index contributed by atoms with van der Waals surface area (Å²) in [7, 11) is 0. The summed E-state index contributed by atoms with van der Waals surface area (Å²) < 4.78 is 17.0. The number of anilines is 1. The second-order valence-corrected chi connectivity index (χ2v) is 7.13. The lowest BCUT2D eigenvalue weighted by Crippen LogP contribution is -2.42. The van der Waals surface area contributed by atoms with Gasteiger partial charge in [0.25, 0.3) is 0 Å². The second-order valence-electron chi connectivity index (χ2n) is 7.13. The molecule has 0 fully saturated rings. The Kier molecular flexibility index (Phi) is 3.04. The molecule has 3 aliphatic heterocycles. The third-order valence-electron chi connectivity index (χ3n) is 5.69. The molecule has 4 heterocycles. The zero-order valence-electron chi connectivity index (χ0n) is 14.9. The van der Waals surface area contributed by atoms with Gasteiger partial charge in [0.05, 0.1) is 12.2 Å². The normalized spacial score (nSPS) is 21.0. The number of fused-ring (bicyclic) bond motifs is 5. The van der Waals surface area contributed by atoms with E-state index in [1.807, 2.05) is 54.6 Å². The van der Waals surface area contributed by atoms with Crippen molar-refractivity contribution < 1.29 is 19.0 Å². The Labute approximate surface area is 161 Å². The summed E-state index contributed by atoms with van der Waals surface area (Å²) in [5.74, 6) is 1.97. The molecule has 1 spiro atoms. The average molecular weight is 372 g/mol. The Morgan fingerprint density at radius 2 is 1.75 bits per heavy atom. The van der Waals surface area contributed by atoms with Crippen molar-refractivity contribution in [2.24, 2.45) is 0 Å². The number of hydrogen-bond acceptors (Lipinski definition) is 5. The van der Waals surface area contributed by atoms with Crippen molar-refractivity contribution in [1.29, 1.82) is 0 Å². The van der Waals surface area contributed by atoms with Crippen molar-refractivity contribution in [3.63, 3.8) is 0 Å². The Hall–Kier alpha value is -3.54. The van der Waals surface area contributed by atoms with Crippen molar-refractivity contribution in [3.8, 4) is 17.2 Å². The number of para-hydroxylation sites is 1. The molecule has 28 heavy (non-hydrogen) atoms. The van der Waals surface area contributed by atoms with Gasteiger partial charge in [-0.2, -0.15) is 0 Å². The first kappa shape index (κ1) is 15.5. The fourth-order valence-corrected chi connectivity index (χ4v) is 4.38. The van der Waals surface area contributed by atoms with Crippen LogP contribution in [0.3, 0.4) is 0 Å². The lowest BCUT2D eigenvalue weighted by atomic mass is 9.77. The fraction of sp³-hybridized carbons (Fsp3) is 0.182. The molecule has 1 unspecified atom stereocenters. The van der Waals surface area contributed by atoms with Gasteiger partial charge in [-0.1, -0.05) is 24.3 Å². The summed E-state index contributed by atoms with van der Waals surface area (Å²) in [5, 5.41) is 0. The largest absolute Gasteiger partial charge is 0.491 e. The molecule has 0 radical (unpaired) electrons. The monoisotopic (exact) mass is 372 g/mol. The highest BCUT2D eigenvalue weighted by atomic mass is 16.7. The highest BCUT2D eigenvalue weighted by molar-refractivity contribution is 6.11. The predicted octanol–water partition coefficient (Wildman–Crippen LogP) is 3.04. The predicted molar refractivity (Wildman–Crippen MR) is 101 cm³/mol. The van der Waals surface area contributed by atoms with Crippen LogP contribution < -0.4 is 19.1 Å². The first-order valence-electron chi connectivity index (χ1n) is 9.16. The lowest BCUT2D eigenvalue weighted by Gasteiger charge is -2.23. The lowest BCUT2D eigenvalue weighted by molar-refractivity contribution is -0.122. The maximum atomic E-state index is 13.8. The van der Waals surface area contributed by atoms with Crippen LogP contribution in [0.2, 0.25) is 0 Å². The standard InChI is InChI=1S/C22H16N2O4/c25-21-22(12-26-18-10-20-19(9-16(18)22)27-13-28-20)15-6-1-2-7-17(15)24(21)11-14-5-3-4-8-23-14/h1-10H,11-13H2. The van der Waals surface area contributed by atoms with Crippen LogP contribution in [0, 0.1) is 0 Å². The Morgan fingerprint density at radius 3 is 2.61 bits per heavy atom. The zero-order valence-corrected chi connectivity index (χ0v) is 14.9. The van der Waals surface area contributed by atoms with E-state index in [2.05, 4.69) is 4.98 Å². The maximum Gasteiger partial charge on any atom is 0.246 e. The van der Waals surface area contributed by atoms with Crippen LogP contribution in [0.4, 0.5) is 5.69 Å². The molecule has 0 N–H and O–H groups in total. The Bertz CT molecular complexity index is 1110. The summed E-state index contributed by atoms with van der Waals surface area (Å²) in [6.07, 6.45) is 1.74. The van der Waals surface area contributed by atoms with Crippen molar-refractivity contribution in [1.82, 2.24) is 4.98 Å². The van der Waals surface area contributed by atoms with E-state index in [4.69, 9.17) is 14.2 Å². The average Bonchev–Trinajstić information content (AvgIpc) is 3.40. The van der Waals surface area contributed by atoms with Crippen LogP contribution in [0.1, 0.15) is 16.8 Å². The number of benzene rings is 2. The van der Waals surface area contributed by atoms with Gasteiger partial charge in [0, 0.05) is 23.5 Å². The van der Waals surface area contributed by atoms with Gasteiger partial charge in [-0.25, -0.2) is 0 Å². The van der Waals surface area contributed by atoms with Gasteiger partial charge < -0.3 is 19.1 Å². The van der Waals surface area contributed by atoms with Crippen LogP contribution in [0.15, 0.2) is 60.8 Å². The second kappa shape index (κ2) is 5.48. The van der Waals surface area contributed by atoms with E-state index in [1.165, 1.54) is 0 Å². The van der Waals surface area contributed by atoms with Gasteiger partial charge >= 0.3 is 0 Å². The van der Waals surface area contributed by atoms with Crippen molar-refractivity contribution in [2.75, 3.05) is 18.3 Å². The first-order chi connectivity index (χ1) is 13.8. The topological polar surface area (TPSA) is 60.9 Å². The number of ether oxygens (including phenoxy) is 3. The third-order valence-corrected chi connectivity index (χ3v) is 5.69. The molecular weight excluding hydrogens is 356 g/mol. The van der Waals surface area contributed by atoms with Gasteiger partial charge in [0.2, 0.25) is 12.7 Å². The van der Waals surface area contributed by atoms with E-state index in [0.717, 1.165) is 22.5 Å². The van der Waals surface area contributed by atoms with Gasteiger partial charge in [-0.15, -0.1) is 0 Å². The van der Waals surface area contributed by atoms with E-state index in [0.29, 0.717) is 23.8 Å². The minimum absolute atomic E-state index is 0.00281. The number of nitrogens with zero attached hydrogens (tertiary/aromatic N) is 2. The van der Waals surface area contributed by atoms with Crippen LogP contribution >= 0.6 is 0 Å². The number of rotatable bonds is 2. The molecule has 0 saturated heterocycles. The van der Waals surface area contributed by atoms with Gasteiger partial charge in [0.15, 0.2) is 11.5 Å². The summed E-state index contributed by atoms with van der Waals surface area (Å²) in [4.78, 5) is 20.0. The smallest absolute Gasteiger partial charge is 0.246 e. The summed E-state index contributed by atoms with van der Waals surface area (Å²) in [5.41, 5.74) is 2.65. The molecule has 3 aliphatic rings. The molecular formula is C22H16N2O4. The Balaban J connectivity index is 1.52. The number of amides is 1. The van der Waals surface area contributed by atoms with Gasteiger partial charge in [0.1, 0.15) is 17.8 Å². The maximum absolute atomic E-state index is 13.8. The molecule has 0 bridgehead atoms. The van der Waals surface area contributed by atoms with Gasteiger partial charge in [-0.3, -0.25) is 9.78 Å². The highest BCUT2D eigenvalue weighted by Gasteiger charge is 2.57. The first-order valence-corrected chi connectivity index (χ1v) is 9.16. The van der Waals surface area contributed by atoms with E-state index >= 15 is 0 Å². The highest BCUT2D eigenvalue weighted by Crippen LogP contribution is 2.55. The summed E-state index contributed by atoms with van der Waals surface area (Å²) >= 11 is 0. The van der Waals surface area contributed by atoms with E-state index in [9.17, 15) is 4.79 Å². The van der Waals surface area contributed by atoms with Crippen LogP contribution in [-0.4, -0.2) is 24.3 Å². The minimum Gasteiger partial charge on any atom is -0.491 e. The molecule has 6 nitrogen and oxygen atoms in total. The van der Waals surface area contributed by atoms with Crippen molar-refractivity contribution in [3.05, 3.63) is 77.6 Å². The zero-order chi connectivity index (χ0) is 18.7. The molecule has 1 atom stereocenters. The number of carbonyl (C=O) groups excluding carboxylic acids is 1. The molecule has 3 aromatic rings. The van der Waals surface area contributed by atoms with Crippen LogP contribution in [0.25, 0.3) is 0 Å². The van der Waals surface area contributed by atoms with Crippen LogP contribution in [-0.2, 0) is 16.8 Å². The van der Waals surface area contributed by atoms with E-state index in [-0.39, 0.29) is 19.3 Å². The fourth-order valence-electron chi connectivity index (χ4n) is 4.38. The van der Waals surface area contributed by atoms with Gasteiger partial charge in [-0.05, 0) is 29.8 Å². The molecule has 1 aromatic heterocycles. The number of carbonyl (C=O) groups is 1. The number of hydrogen-bond donors (Lipinski definition) is 0. The van der Waals surface area contributed by atoms with Crippen molar-refractivity contribution in [2.45, 2.75) is 12.0 Å². The molecule has 0 aliphatic carbocycles. The number of aromatic nitrogens is 1.